The SMILES string of the molecule is CCCCCCCCc1ccc(OC(=O)c2ccc(OC(F)(F)F)cc2)cc1. The minimum Gasteiger partial charge on any atom is -0.423 e. The Bertz CT molecular complexity index is 722. The molecule has 0 aliphatic heterocycles. The minimum atomic E-state index is -4.76. The third-order valence-electron chi connectivity index (χ3n) is 4.28. The quantitative estimate of drug-likeness (QED) is 0.255. The average Bonchev–Trinajstić information content (AvgIpc) is 2.65. The second-order valence-electron chi connectivity index (χ2n) is 6.62. The van der Waals surface area contributed by atoms with Crippen LogP contribution in [0.15, 0.2) is 48.5 Å². The van der Waals surface area contributed by atoms with Crippen molar-refractivity contribution in [3.63, 3.8) is 0 Å². The summed E-state index contributed by atoms with van der Waals surface area (Å²) in [6.45, 7) is 2.20. The lowest BCUT2D eigenvalue weighted by atomic mass is 10.0. The zero-order valence-electron chi connectivity index (χ0n) is 15.9. The normalized spacial score (nSPS) is 11.3. The van der Waals surface area contributed by atoms with Gasteiger partial charge in [-0.15, -0.1) is 13.2 Å². The van der Waals surface area contributed by atoms with Crippen molar-refractivity contribution in [2.75, 3.05) is 0 Å². The summed E-state index contributed by atoms with van der Waals surface area (Å²) in [5.74, 6) is -0.627. The molecule has 6 heteroatoms. The maximum absolute atomic E-state index is 12.2. The molecule has 2 aromatic carbocycles. The van der Waals surface area contributed by atoms with Gasteiger partial charge in [-0.3, -0.25) is 0 Å². The zero-order chi connectivity index (χ0) is 20.4. The van der Waals surface area contributed by atoms with Crippen molar-refractivity contribution >= 4 is 5.97 Å². The summed E-state index contributed by atoms with van der Waals surface area (Å²) in [5, 5.41) is 0. The average molecular weight is 394 g/mol. The number of ether oxygens (including phenoxy) is 2. The first-order chi connectivity index (χ1) is 13.4. The highest BCUT2D eigenvalue weighted by Crippen LogP contribution is 2.23. The fourth-order valence-electron chi connectivity index (χ4n) is 2.79. The first kappa shape index (κ1) is 21.8. The number of unbranched alkanes of at least 4 members (excludes halogenated alkanes) is 5. The van der Waals surface area contributed by atoms with Gasteiger partial charge in [-0.1, -0.05) is 51.2 Å². The molecule has 0 saturated heterocycles. The van der Waals surface area contributed by atoms with Crippen LogP contribution in [0.3, 0.4) is 0 Å². The van der Waals surface area contributed by atoms with Crippen molar-refractivity contribution in [2.24, 2.45) is 0 Å². The highest BCUT2D eigenvalue weighted by Gasteiger charge is 2.31. The van der Waals surface area contributed by atoms with Crippen LogP contribution in [0.25, 0.3) is 0 Å². The van der Waals surface area contributed by atoms with E-state index in [0.717, 1.165) is 25.0 Å². The third-order valence-corrected chi connectivity index (χ3v) is 4.28. The molecule has 0 radical (unpaired) electrons. The van der Waals surface area contributed by atoms with Crippen LogP contribution >= 0.6 is 0 Å². The predicted octanol–water partition coefficient (Wildman–Crippen LogP) is 6.71. The van der Waals surface area contributed by atoms with E-state index in [4.69, 9.17) is 4.74 Å². The Kier molecular flexibility index (Phi) is 8.36. The molecule has 0 aliphatic carbocycles. The van der Waals surface area contributed by atoms with Crippen molar-refractivity contribution < 1.29 is 27.4 Å². The lowest BCUT2D eigenvalue weighted by molar-refractivity contribution is -0.274. The Morgan fingerprint density at radius 2 is 1.39 bits per heavy atom. The summed E-state index contributed by atoms with van der Waals surface area (Å²) in [4.78, 5) is 12.1. The molecule has 0 saturated carbocycles. The van der Waals surface area contributed by atoms with Gasteiger partial charge in [-0.2, -0.15) is 0 Å². The number of hydrogen-bond donors (Lipinski definition) is 0. The van der Waals surface area contributed by atoms with Gasteiger partial charge in [0.25, 0.3) is 0 Å². The van der Waals surface area contributed by atoms with Crippen LogP contribution in [0, 0.1) is 0 Å². The Hall–Kier alpha value is -2.50. The Morgan fingerprint density at radius 3 is 2.00 bits per heavy atom. The monoisotopic (exact) mass is 394 g/mol. The van der Waals surface area contributed by atoms with Gasteiger partial charge in [0.2, 0.25) is 0 Å². The molecular weight excluding hydrogens is 369 g/mol. The lowest BCUT2D eigenvalue weighted by Gasteiger charge is -2.09. The van der Waals surface area contributed by atoms with Crippen LogP contribution in [0.5, 0.6) is 11.5 Å². The highest BCUT2D eigenvalue weighted by molar-refractivity contribution is 5.91. The van der Waals surface area contributed by atoms with Crippen molar-refractivity contribution in [2.45, 2.75) is 58.2 Å². The fraction of sp³-hybridized carbons (Fsp3) is 0.409. The van der Waals surface area contributed by atoms with E-state index in [9.17, 15) is 18.0 Å². The number of aryl methyl sites for hydroxylation is 1. The van der Waals surface area contributed by atoms with Crippen LogP contribution < -0.4 is 9.47 Å². The molecule has 2 aromatic rings. The summed E-state index contributed by atoms with van der Waals surface area (Å²) < 4.78 is 45.5. The molecule has 0 aliphatic rings. The van der Waals surface area contributed by atoms with Gasteiger partial charge in [-0.25, -0.2) is 4.79 Å². The number of esters is 1. The maximum Gasteiger partial charge on any atom is 0.573 e. The fourth-order valence-corrected chi connectivity index (χ4v) is 2.79. The number of rotatable bonds is 10. The van der Waals surface area contributed by atoms with E-state index in [1.54, 1.807) is 12.1 Å². The zero-order valence-corrected chi connectivity index (χ0v) is 15.9. The molecule has 0 atom stereocenters. The molecule has 0 unspecified atom stereocenters. The summed E-state index contributed by atoms with van der Waals surface area (Å²) in [6.07, 6.45) is 3.65. The second-order valence-corrected chi connectivity index (χ2v) is 6.62. The molecule has 0 heterocycles. The maximum atomic E-state index is 12.2. The van der Waals surface area contributed by atoms with Crippen LogP contribution in [0.1, 0.15) is 61.4 Å². The first-order valence-corrected chi connectivity index (χ1v) is 9.54. The first-order valence-electron chi connectivity index (χ1n) is 9.54. The number of carbonyl (C=O) groups excluding carboxylic acids is 1. The van der Waals surface area contributed by atoms with E-state index in [0.29, 0.717) is 5.75 Å². The van der Waals surface area contributed by atoms with Crippen LogP contribution in [0.2, 0.25) is 0 Å². The van der Waals surface area contributed by atoms with Gasteiger partial charge in [0, 0.05) is 0 Å². The van der Waals surface area contributed by atoms with Crippen molar-refractivity contribution in [3.05, 3.63) is 59.7 Å². The second kappa shape index (κ2) is 10.7. The summed E-state index contributed by atoms with van der Waals surface area (Å²) >= 11 is 0. The third kappa shape index (κ3) is 8.03. The topological polar surface area (TPSA) is 35.5 Å². The van der Waals surface area contributed by atoms with Crippen molar-refractivity contribution in [1.82, 2.24) is 0 Å². The van der Waals surface area contributed by atoms with E-state index in [2.05, 4.69) is 11.7 Å². The molecule has 0 amide bonds. The summed E-state index contributed by atoms with van der Waals surface area (Å²) in [6, 6.07) is 11.9. The number of carbonyl (C=O) groups is 1. The number of halogens is 3. The molecule has 0 bridgehead atoms. The van der Waals surface area contributed by atoms with Crippen LogP contribution in [-0.4, -0.2) is 12.3 Å². The van der Waals surface area contributed by atoms with Gasteiger partial charge < -0.3 is 9.47 Å². The molecule has 0 fully saturated rings. The van der Waals surface area contributed by atoms with Gasteiger partial charge in [0.05, 0.1) is 5.56 Å². The number of benzene rings is 2. The Morgan fingerprint density at radius 1 is 0.821 bits per heavy atom. The predicted molar refractivity (Wildman–Crippen MR) is 102 cm³/mol. The van der Waals surface area contributed by atoms with Crippen molar-refractivity contribution in [1.29, 1.82) is 0 Å². The van der Waals surface area contributed by atoms with Gasteiger partial charge in [0.15, 0.2) is 0 Å². The van der Waals surface area contributed by atoms with Crippen LogP contribution in [-0.2, 0) is 6.42 Å². The minimum absolute atomic E-state index is 0.144. The Balaban J connectivity index is 1.80. The standard InChI is InChI=1S/C22H25F3O3/c1-2-3-4-5-6-7-8-17-9-13-19(14-10-17)27-21(26)18-11-15-20(16-12-18)28-22(23,24)25/h9-16H,2-8H2,1H3. The van der Waals surface area contributed by atoms with E-state index in [1.807, 2.05) is 12.1 Å². The molecule has 3 nitrogen and oxygen atoms in total. The van der Waals surface area contributed by atoms with Crippen LogP contribution in [0.4, 0.5) is 13.2 Å². The van der Waals surface area contributed by atoms with E-state index < -0.39 is 12.3 Å². The molecule has 0 spiro atoms. The molecule has 2 rings (SSSR count). The lowest BCUT2D eigenvalue weighted by Crippen LogP contribution is -2.17. The number of hydrogen-bond acceptors (Lipinski definition) is 3. The van der Waals surface area contributed by atoms with Gasteiger partial charge >= 0.3 is 12.3 Å². The van der Waals surface area contributed by atoms with Crippen molar-refractivity contribution in [3.8, 4) is 11.5 Å². The van der Waals surface area contributed by atoms with E-state index in [-0.39, 0.29) is 11.3 Å². The highest BCUT2D eigenvalue weighted by atomic mass is 19.4. The summed E-state index contributed by atoms with van der Waals surface area (Å²) in [5.41, 5.74) is 1.33. The van der Waals surface area contributed by atoms with Gasteiger partial charge in [0.1, 0.15) is 11.5 Å². The van der Waals surface area contributed by atoms with Gasteiger partial charge in [-0.05, 0) is 54.8 Å². The largest absolute Gasteiger partial charge is 0.573 e. The molecule has 28 heavy (non-hydrogen) atoms. The molecule has 0 aromatic heterocycles. The smallest absolute Gasteiger partial charge is 0.423 e. The number of alkyl halides is 3. The molecular formula is C22H25F3O3. The summed E-state index contributed by atoms with van der Waals surface area (Å²) in [7, 11) is 0. The Labute approximate surface area is 163 Å². The van der Waals surface area contributed by atoms with E-state index >= 15 is 0 Å². The molecule has 152 valence electrons. The van der Waals surface area contributed by atoms with E-state index in [1.165, 1.54) is 49.8 Å². The molecule has 0 N–H and O–H groups in total.